The van der Waals surface area contributed by atoms with Gasteiger partial charge in [0.25, 0.3) is 0 Å². The topological polar surface area (TPSA) is 77.2 Å². The third kappa shape index (κ3) is 3.65. The number of halogens is 1. The van der Waals surface area contributed by atoms with Crippen molar-refractivity contribution in [3.05, 3.63) is 60.1 Å². The van der Waals surface area contributed by atoms with Crippen LogP contribution in [-0.2, 0) is 4.74 Å². The molecule has 0 aliphatic carbocycles. The highest BCUT2D eigenvalue weighted by molar-refractivity contribution is 7.22. The number of nitrogens with zero attached hydrogens (tertiary/aromatic N) is 2. The molecular formula is C19H14FN3O3S. The molecule has 0 radical (unpaired) electrons. The molecule has 8 heteroatoms. The SMILES string of the molecule is CCOC(=O)c1cc(-c2cccc(Nc3nc4ccc(F)cc4s3)c2)no1. The lowest BCUT2D eigenvalue weighted by Crippen LogP contribution is -2.02. The van der Waals surface area contributed by atoms with Crippen LogP contribution in [-0.4, -0.2) is 22.7 Å². The van der Waals surface area contributed by atoms with E-state index >= 15 is 0 Å². The van der Waals surface area contributed by atoms with E-state index < -0.39 is 5.97 Å². The van der Waals surface area contributed by atoms with Gasteiger partial charge in [0.15, 0.2) is 5.13 Å². The molecule has 4 rings (SSSR count). The van der Waals surface area contributed by atoms with E-state index in [4.69, 9.17) is 9.26 Å². The number of carbonyl (C=O) groups is 1. The van der Waals surface area contributed by atoms with Gasteiger partial charge in [-0.25, -0.2) is 14.2 Å². The van der Waals surface area contributed by atoms with E-state index in [-0.39, 0.29) is 18.2 Å². The van der Waals surface area contributed by atoms with E-state index in [1.807, 2.05) is 24.3 Å². The van der Waals surface area contributed by atoms with Crippen LogP contribution in [0.5, 0.6) is 0 Å². The highest BCUT2D eigenvalue weighted by atomic mass is 32.1. The first kappa shape index (κ1) is 17.2. The van der Waals surface area contributed by atoms with Gasteiger partial charge in [0.1, 0.15) is 11.5 Å². The van der Waals surface area contributed by atoms with Crippen molar-refractivity contribution < 1.29 is 18.4 Å². The number of nitrogens with one attached hydrogen (secondary N) is 1. The number of thiazole rings is 1. The lowest BCUT2D eigenvalue weighted by atomic mass is 10.1. The second kappa shape index (κ2) is 7.16. The smallest absolute Gasteiger partial charge is 0.377 e. The summed E-state index contributed by atoms with van der Waals surface area (Å²) >= 11 is 1.36. The average molecular weight is 383 g/mol. The van der Waals surface area contributed by atoms with Crippen LogP contribution < -0.4 is 5.32 Å². The van der Waals surface area contributed by atoms with Crippen LogP contribution in [0.2, 0.25) is 0 Å². The summed E-state index contributed by atoms with van der Waals surface area (Å²) < 4.78 is 24.0. The molecule has 6 nitrogen and oxygen atoms in total. The largest absolute Gasteiger partial charge is 0.460 e. The summed E-state index contributed by atoms with van der Waals surface area (Å²) in [6.07, 6.45) is 0. The summed E-state index contributed by atoms with van der Waals surface area (Å²) in [7, 11) is 0. The zero-order valence-electron chi connectivity index (χ0n) is 14.2. The molecule has 4 aromatic rings. The van der Waals surface area contributed by atoms with Crippen molar-refractivity contribution in [2.45, 2.75) is 6.92 Å². The lowest BCUT2D eigenvalue weighted by Gasteiger charge is -2.03. The second-order valence-electron chi connectivity index (χ2n) is 5.63. The molecule has 0 amide bonds. The molecule has 136 valence electrons. The van der Waals surface area contributed by atoms with Gasteiger partial charge < -0.3 is 14.6 Å². The predicted molar refractivity (Wildman–Crippen MR) is 101 cm³/mol. The number of fused-ring (bicyclic) bond motifs is 1. The summed E-state index contributed by atoms with van der Waals surface area (Å²) in [4.78, 5) is 16.1. The maximum Gasteiger partial charge on any atom is 0.377 e. The Bertz CT molecular complexity index is 1120. The molecule has 0 saturated carbocycles. The Morgan fingerprint density at radius 1 is 1.26 bits per heavy atom. The fraction of sp³-hybridized carbons (Fsp3) is 0.105. The van der Waals surface area contributed by atoms with E-state index in [1.165, 1.54) is 29.5 Å². The van der Waals surface area contributed by atoms with Crippen LogP contribution in [0.4, 0.5) is 15.2 Å². The predicted octanol–water partition coefficient (Wildman–Crippen LogP) is 5.01. The monoisotopic (exact) mass is 383 g/mol. The molecule has 2 heterocycles. The third-order valence-corrected chi connectivity index (χ3v) is 4.68. The van der Waals surface area contributed by atoms with E-state index in [1.54, 1.807) is 13.0 Å². The van der Waals surface area contributed by atoms with E-state index in [0.717, 1.165) is 21.5 Å². The van der Waals surface area contributed by atoms with Crippen LogP contribution in [0.1, 0.15) is 17.5 Å². The van der Waals surface area contributed by atoms with E-state index in [2.05, 4.69) is 15.5 Å². The molecule has 0 unspecified atom stereocenters. The Hall–Kier alpha value is -3.26. The molecule has 1 N–H and O–H groups in total. The minimum absolute atomic E-state index is 0.0541. The van der Waals surface area contributed by atoms with Crippen LogP contribution in [0.15, 0.2) is 53.1 Å². The zero-order chi connectivity index (χ0) is 18.8. The van der Waals surface area contributed by atoms with Crippen molar-refractivity contribution in [2.24, 2.45) is 0 Å². The van der Waals surface area contributed by atoms with Crippen molar-refractivity contribution >= 4 is 38.3 Å². The molecular weight excluding hydrogens is 369 g/mol. The number of hydrogen-bond acceptors (Lipinski definition) is 7. The summed E-state index contributed by atoms with van der Waals surface area (Å²) in [5.41, 5.74) is 2.81. The highest BCUT2D eigenvalue weighted by Gasteiger charge is 2.15. The van der Waals surface area contributed by atoms with Crippen LogP contribution in [0.25, 0.3) is 21.5 Å². The second-order valence-corrected chi connectivity index (χ2v) is 6.66. The van der Waals surface area contributed by atoms with Gasteiger partial charge in [0.2, 0.25) is 5.76 Å². The first-order valence-electron chi connectivity index (χ1n) is 8.20. The molecule has 0 aliphatic heterocycles. The number of carbonyl (C=O) groups excluding carboxylic acids is 1. The fourth-order valence-electron chi connectivity index (χ4n) is 2.54. The number of ether oxygens (including phenoxy) is 1. The average Bonchev–Trinajstić information content (AvgIpc) is 3.28. The molecule has 2 aromatic heterocycles. The van der Waals surface area contributed by atoms with Gasteiger partial charge in [-0.15, -0.1) is 0 Å². The number of anilines is 2. The number of hydrogen-bond donors (Lipinski definition) is 1. The van der Waals surface area contributed by atoms with Crippen molar-refractivity contribution in [1.82, 2.24) is 10.1 Å². The first-order chi connectivity index (χ1) is 13.1. The zero-order valence-corrected chi connectivity index (χ0v) is 15.0. The van der Waals surface area contributed by atoms with Crippen molar-refractivity contribution in [3.63, 3.8) is 0 Å². The van der Waals surface area contributed by atoms with E-state index in [9.17, 15) is 9.18 Å². The van der Waals surface area contributed by atoms with Crippen LogP contribution in [0, 0.1) is 5.82 Å². The summed E-state index contributed by atoms with van der Waals surface area (Å²) in [5, 5.41) is 7.78. The molecule has 2 aromatic carbocycles. The Kier molecular flexibility index (Phi) is 4.55. The summed E-state index contributed by atoms with van der Waals surface area (Å²) in [6, 6.07) is 13.5. The number of rotatable bonds is 5. The molecule has 0 saturated heterocycles. The number of esters is 1. The Balaban J connectivity index is 1.57. The van der Waals surface area contributed by atoms with Crippen molar-refractivity contribution in [2.75, 3.05) is 11.9 Å². The van der Waals surface area contributed by atoms with Crippen molar-refractivity contribution in [3.8, 4) is 11.3 Å². The van der Waals surface area contributed by atoms with Gasteiger partial charge >= 0.3 is 5.97 Å². The first-order valence-corrected chi connectivity index (χ1v) is 9.01. The molecule has 0 bridgehead atoms. The molecule has 0 atom stereocenters. The third-order valence-electron chi connectivity index (χ3n) is 3.75. The van der Waals surface area contributed by atoms with Gasteiger partial charge in [0.05, 0.1) is 16.8 Å². The molecule has 27 heavy (non-hydrogen) atoms. The molecule has 0 fully saturated rings. The Labute approximate surface area is 157 Å². The normalized spacial score (nSPS) is 10.9. The molecule has 0 aliphatic rings. The maximum atomic E-state index is 13.3. The Morgan fingerprint density at radius 3 is 3.00 bits per heavy atom. The van der Waals surface area contributed by atoms with Crippen molar-refractivity contribution in [1.29, 1.82) is 0 Å². The van der Waals surface area contributed by atoms with Gasteiger partial charge in [-0.1, -0.05) is 28.6 Å². The van der Waals surface area contributed by atoms with Gasteiger partial charge in [-0.2, -0.15) is 0 Å². The number of benzene rings is 2. The minimum atomic E-state index is -0.549. The standard InChI is InChI=1S/C19H14FN3O3S/c1-2-25-18(24)16-10-15(23-26-16)11-4-3-5-13(8-11)21-19-22-14-7-6-12(20)9-17(14)27-19/h3-10H,2H2,1H3,(H,21,22). The lowest BCUT2D eigenvalue weighted by molar-refractivity contribution is 0.0480. The van der Waals surface area contributed by atoms with Crippen LogP contribution in [0.3, 0.4) is 0 Å². The van der Waals surface area contributed by atoms with Gasteiger partial charge in [-0.05, 0) is 37.3 Å². The summed E-state index contributed by atoms with van der Waals surface area (Å²) in [5.74, 6) is -0.784. The Morgan fingerprint density at radius 2 is 2.15 bits per heavy atom. The quantitative estimate of drug-likeness (QED) is 0.488. The fourth-order valence-corrected chi connectivity index (χ4v) is 3.45. The van der Waals surface area contributed by atoms with E-state index in [0.29, 0.717) is 10.8 Å². The molecule has 0 spiro atoms. The van der Waals surface area contributed by atoms with Gasteiger partial charge in [0, 0.05) is 17.3 Å². The summed E-state index contributed by atoms with van der Waals surface area (Å²) in [6.45, 7) is 1.99. The minimum Gasteiger partial charge on any atom is -0.460 e. The maximum absolute atomic E-state index is 13.3. The van der Waals surface area contributed by atoms with Crippen LogP contribution >= 0.6 is 11.3 Å². The van der Waals surface area contributed by atoms with Gasteiger partial charge in [-0.3, -0.25) is 0 Å². The number of aromatic nitrogens is 2. The highest BCUT2D eigenvalue weighted by Crippen LogP contribution is 2.30.